The van der Waals surface area contributed by atoms with E-state index < -0.39 is 82.5 Å². The van der Waals surface area contributed by atoms with Crippen LogP contribution in [0.4, 0.5) is 0 Å². The third kappa shape index (κ3) is 27.3. The van der Waals surface area contributed by atoms with Crippen molar-refractivity contribution in [1.82, 2.24) is 15.6 Å². The molecule has 80 heavy (non-hydrogen) atoms. The zero-order valence-electron chi connectivity index (χ0n) is 47.5. The lowest BCUT2D eigenvalue weighted by molar-refractivity contribution is -0.159. The number of aliphatic imine (C=N–C) groups is 1. The molecule has 0 fully saturated rings. The van der Waals surface area contributed by atoms with Gasteiger partial charge in [-0.05, 0) is 116 Å². The molecule has 0 bridgehead atoms. The Balaban J connectivity index is 0.000000725. The summed E-state index contributed by atoms with van der Waals surface area (Å²) in [5.74, 6) is -6.79. The zero-order valence-corrected chi connectivity index (χ0v) is 48.4. The molecule has 5 rings (SSSR count). The Kier molecular flexibility index (Phi) is 30.1. The number of esters is 2. The number of halogens is 1. The zero-order chi connectivity index (χ0) is 58.5. The number of aliphatic carboxylic acids is 1. The van der Waals surface area contributed by atoms with E-state index in [2.05, 4.69) is 20.6 Å². The van der Waals surface area contributed by atoms with Crippen LogP contribution < -0.4 is 27.8 Å². The number of guanidine groups is 1. The number of ketones is 1. The van der Waals surface area contributed by atoms with Crippen LogP contribution in [0.5, 0.6) is 0 Å². The summed E-state index contributed by atoms with van der Waals surface area (Å²) in [6.45, 7) is 16.4. The van der Waals surface area contributed by atoms with E-state index in [1.54, 1.807) is 47.7 Å². The molecule has 1 aromatic heterocycles. The number of hydrogen-bond acceptors (Lipinski definition) is 11. The summed E-state index contributed by atoms with van der Waals surface area (Å²) in [7, 11) is 0. The van der Waals surface area contributed by atoms with E-state index in [9.17, 15) is 38.7 Å². The number of nitrogens with zero attached hydrogens (tertiary/aromatic N) is 1. The first-order valence-corrected chi connectivity index (χ1v) is 26.8. The van der Waals surface area contributed by atoms with Crippen molar-refractivity contribution in [3.8, 4) is 0 Å². The number of Topliss-reactive ketones (excluding diaryl/α,β-unsaturated/α-hetero) is 1. The van der Waals surface area contributed by atoms with Gasteiger partial charge in [0.15, 0.2) is 11.7 Å². The molecule has 0 unspecified atom stereocenters. The molecule has 436 valence electrons. The van der Waals surface area contributed by atoms with Gasteiger partial charge in [0.1, 0.15) is 17.2 Å². The van der Waals surface area contributed by atoms with Gasteiger partial charge in [-0.1, -0.05) is 109 Å². The Morgan fingerprint density at radius 2 is 1.01 bits per heavy atom. The van der Waals surface area contributed by atoms with Crippen LogP contribution in [-0.4, -0.2) is 101 Å². The number of carbonyl (C=O) groups is 7. The summed E-state index contributed by atoms with van der Waals surface area (Å²) in [6.07, 6.45) is 2.58. The van der Waals surface area contributed by atoms with E-state index in [0.29, 0.717) is 12.8 Å². The standard InChI is InChI=1S/C42H53N7O6.C15H20O4.C4H10O.ClH/c1-42(2,3)55-37(51)25-30(22-28-15-8-5-9-16-28)40(54)48-34(19-12-20-46-41(44)45)36(50)24-29(21-27-13-6-4-7-14-27)39(53)49-35(38(43)52)23-31-26-47-33-18-11-10-17-32(31)33;1-15(2,3)19-13(16)10-12(14(17)18)9-11-7-5-4-6-8-11;1-3-5-4-2;/h4-11,13-18,26,29-30,34-35,47H,12,19-25H2,1-3H3,(H2,43,52)(H,48,54)(H,49,53)(H4,44,45,46);4-8,12H,9-10H2,1-3H3,(H,17,18);3-4H2,1-2H3;1H/t29-,30-,34-,35+;12-;;/m11../s1. The molecule has 0 radical (unpaired) electrons. The Hall–Kier alpha value is -7.57. The molecule has 18 nitrogen and oxygen atoms in total. The molecule has 0 saturated carbocycles. The third-order valence-corrected chi connectivity index (χ3v) is 12.0. The van der Waals surface area contributed by atoms with Crippen molar-refractivity contribution in [2.24, 2.45) is 39.9 Å². The lowest BCUT2D eigenvalue weighted by Crippen LogP contribution is -2.49. The highest BCUT2D eigenvalue weighted by Gasteiger charge is 2.33. The fourth-order valence-corrected chi connectivity index (χ4v) is 8.36. The third-order valence-electron chi connectivity index (χ3n) is 12.0. The molecule has 0 aliphatic carbocycles. The number of carboxylic acid groups (broad SMARTS) is 1. The summed E-state index contributed by atoms with van der Waals surface area (Å²) >= 11 is 0. The number of aromatic nitrogens is 1. The Bertz CT molecular complexity index is 2720. The maximum atomic E-state index is 14.3. The first-order valence-electron chi connectivity index (χ1n) is 26.8. The second-order valence-electron chi connectivity index (χ2n) is 21.1. The summed E-state index contributed by atoms with van der Waals surface area (Å²) < 4.78 is 15.5. The fraction of sp³-hybridized carbons (Fsp3) is 0.443. The Labute approximate surface area is 477 Å². The van der Waals surface area contributed by atoms with Gasteiger partial charge < -0.3 is 52.1 Å². The maximum Gasteiger partial charge on any atom is 0.307 e. The minimum absolute atomic E-state index is 0. The second-order valence-corrected chi connectivity index (χ2v) is 21.1. The highest BCUT2D eigenvalue weighted by atomic mass is 35.5. The molecule has 0 saturated heterocycles. The smallest absolute Gasteiger partial charge is 0.307 e. The maximum absolute atomic E-state index is 14.3. The molecular weight excluding hydrogens is 1040 g/mol. The van der Waals surface area contributed by atoms with Gasteiger partial charge in [-0.2, -0.15) is 0 Å². The van der Waals surface area contributed by atoms with E-state index in [1.807, 2.05) is 129 Å². The van der Waals surface area contributed by atoms with Crippen LogP contribution in [0.25, 0.3) is 10.9 Å². The number of primary amides is 1. The molecule has 1 heterocycles. The topological polar surface area (TPSA) is 298 Å². The van der Waals surface area contributed by atoms with Gasteiger partial charge in [-0.15, -0.1) is 12.4 Å². The molecule has 3 amide bonds. The highest BCUT2D eigenvalue weighted by Crippen LogP contribution is 2.23. The number of nitrogens with two attached hydrogens (primary N) is 3. The number of carbonyl (C=O) groups excluding carboxylic acids is 6. The van der Waals surface area contributed by atoms with Crippen molar-refractivity contribution in [3.05, 3.63) is 144 Å². The first kappa shape index (κ1) is 68.5. The number of benzene rings is 4. The lowest BCUT2D eigenvalue weighted by Gasteiger charge is -2.26. The van der Waals surface area contributed by atoms with Gasteiger partial charge in [-0.25, -0.2) is 0 Å². The Morgan fingerprint density at radius 1 is 0.588 bits per heavy atom. The summed E-state index contributed by atoms with van der Waals surface area (Å²) in [5.41, 5.74) is 19.7. The highest BCUT2D eigenvalue weighted by molar-refractivity contribution is 5.95. The van der Waals surface area contributed by atoms with Crippen LogP contribution in [0.3, 0.4) is 0 Å². The molecule has 0 spiro atoms. The predicted molar refractivity (Wildman–Crippen MR) is 313 cm³/mol. The van der Waals surface area contributed by atoms with Gasteiger partial charge in [-0.3, -0.25) is 38.6 Å². The van der Waals surface area contributed by atoms with Crippen molar-refractivity contribution >= 4 is 70.7 Å². The van der Waals surface area contributed by atoms with Crippen LogP contribution in [0.2, 0.25) is 0 Å². The Morgan fingerprint density at radius 3 is 1.44 bits per heavy atom. The van der Waals surface area contributed by atoms with E-state index in [-0.39, 0.29) is 69.9 Å². The van der Waals surface area contributed by atoms with Crippen LogP contribution in [-0.2, 0) is 73.5 Å². The van der Waals surface area contributed by atoms with Crippen molar-refractivity contribution < 1.29 is 52.9 Å². The second kappa shape index (κ2) is 35.1. The number of rotatable bonds is 27. The number of hydrogen-bond donors (Lipinski definition) is 7. The number of para-hydroxylation sites is 1. The van der Waals surface area contributed by atoms with Gasteiger partial charge in [0, 0.05) is 55.6 Å². The monoisotopic (exact) mass is 1130 g/mol. The number of ether oxygens (including phenoxy) is 3. The van der Waals surface area contributed by atoms with Crippen LogP contribution in [0.1, 0.15) is 110 Å². The molecule has 19 heteroatoms. The molecule has 0 aliphatic heterocycles. The van der Waals surface area contributed by atoms with Crippen molar-refractivity contribution in [3.63, 3.8) is 0 Å². The van der Waals surface area contributed by atoms with Crippen LogP contribution >= 0.6 is 12.4 Å². The molecule has 10 N–H and O–H groups in total. The molecule has 5 atom stereocenters. The van der Waals surface area contributed by atoms with Gasteiger partial charge in [0.05, 0.1) is 30.7 Å². The predicted octanol–water partition coefficient (Wildman–Crippen LogP) is 7.75. The van der Waals surface area contributed by atoms with Gasteiger partial charge in [0.25, 0.3) is 0 Å². The first-order chi connectivity index (χ1) is 37.4. The summed E-state index contributed by atoms with van der Waals surface area (Å²) in [4.78, 5) is 98.0. The normalized spacial score (nSPS) is 12.8. The molecular formula is C61H84ClN7O11. The minimum atomic E-state index is -1.05. The van der Waals surface area contributed by atoms with Crippen molar-refractivity contribution in [1.29, 1.82) is 0 Å². The quantitative estimate of drug-likeness (QED) is 0.0115. The number of H-pyrrole nitrogens is 1. The number of carboxylic acids is 1. The van der Waals surface area contributed by atoms with E-state index >= 15 is 0 Å². The summed E-state index contributed by atoms with van der Waals surface area (Å²) in [6, 6.07) is 33.2. The SMILES string of the molecule is CC(C)(C)OC(=O)C[C@@H](Cc1ccccc1)C(=O)N[C@H](CCCN=C(N)N)C(=O)C[C@@H](Cc1ccccc1)C(=O)N[C@@H](Cc1c[nH]c2ccccc12)C(N)=O.CC(C)(C)OC(=O)C[C@@H](Cc1ccccc1)C(=O)O.CCOCC.Cl. The average molecular weight is 1130 g/mol. The molecule has 4 aromatic carbocycles. The minimum Gasteiger partial charge on any atom is -0.481 e. The van der Waals surface area contributed by atoms with E-state index in [4.69, 9.17) is 31.4 Å². The van der Waals surface area contributed by atoms with Crippen LogP contribution in [0.15, 0.2) is 126 Å². The van der Waals surface area contributed by atoms with Gasteiger partial charge in [0.2, 0.25) is 17.7 Å². The summed E-state index contributed by atoms with van der Waals surface area (Å²) in [5, 5.41) is 15.8. The number of amides is 3. The van der Waals surface area contributed by atoms with Crippen molar-refractivity contribution in [2.75, 3.05) is 19.8 Å². The van der Waals surface area contributed by atoms with Crippen molar-refractivity contribution in [2.45, 2.75) is 136 Å². The molecule has 0 aliphatic rings. The number of aromatic amines is 1. The lowest BCUT2D eigenvalue weighted by atomic mass is 9.89. The van der Waals surface area contributed by atoms with Crippen LogP contribution in [0, 0.1) is 17.8 Å². The van der Waals surface area contributed by atoms with E-state index in [1.165, 1.54) is 0 Å². The largest absolute Gasteiger partial charge is 0.481 e. The van der Waals surface area contributed by atoms with Gasteiger partial charge >= 0.3 is 17.9 Å². The number of fused-ring (bicyclic) bond motifs is 1. The van der Waals surface area contributed by atoms with E-state index in [0.717, 1.165) is 46.4 Å². The number of nitrogens with one attached hydrogen (secondary N) is 3. The fourth-order valence-electron chi connectivity index (χ4n) is 8.36. The average Bonchev–Trinajstić information content (AvgIpc) is 3.79. The molecule has 5 aromatic rings.